The molecule has 0 radical (unpaired) electrons. The first-order valence-electron chi connectivity index (χ1n) is 9.08. The van der Waals surface area contributed by atoms with Crippen molar-refractivity contribution in [1.82, 2.24) is 25.0 Å². The minimum absolute atomic E-state index is 0. The molecule has 1 atom stereocenters. The third-order valence-electron chi connectivity index (χ3n) is 4.97. The second-order valence-electron chi connectivity index (χ2n) is 7.00. The molecule has 1 aliphatic heterocycles. The van der Waals surface area contributed by atoms with Gasteiger partial charge in [0.25, 0.3) is 5.89 Å². The second-order valence-corrected chi connectivity index (χ2v) is 7.00. The molecule has 1 saturated heterocycles. The zero-order valence-electron chi connectivity index (χ0n) is 15.6. The summed E-state index contributed by atoms with van der Waals surface area (Å²) in [4.78, 5) is 15.6. The number of hydrogen-bond acceptors (Lipinski definition) is 6. The summed E-state index contributed by atoms with van der Waals surface area (Å²) in [7, 11) is 0. The predicted molar refractivity (Wildman–Crippen MR) is 106 cm³/mol. The minimum atomic E-state index is 0. The van der Waals surface area contributed by atoms with Crippen molar-refractivity contribution in [3.63, 3.8) is 0 Å². The SMILES string of the molecule is Cc1cnc(-c2nc(C3CCCN(Cc4ccccc4C)C3)no2)cn1.Cl. The highest BCUT2D eigenvalue weighted by atomic mass is 35.5. The van der Waals surface area contributed by atoms with Crippen LogP contribution in [0.5, 0.6) is 0 Å². The molecule has 2 aromatic heterocycles. The Labute approximate surface area is 165 Å². The van der Waals surface area contributed by atoms with Gasteiger partial charge in [-0.2, -0.15) is 4.98 Å². The summed E-state index contributed by atoms with van der Waals surface area (Å²) < 4.78 is 5.43. The largest absolute Gasteiger partial charge is 0.332 e. The zero-order valence-corrected chi connectivity index (χ0v) is 16.4. The van der Waals surface area contributed by atoms with Crippen LogP contribution >= 0.6 is 12.4 Å². The highest BCUT2D eigenvalue weighted by Gasteiger charge is 2.26. The summed E-state index contributed by atoms with van der Waals surface area (Å²) in [6.45, 7) is 7.11. The van der Waals surface area contributed by atoms with E-state index in [0.29, 0.717) is 17.5 Å². The fraction of sp³-hybridized carbons (Fsp3) is 0.400. The van der Waals surface area contributed by atoms with E-state index in [1.807, 2.05) is 6.92 Å². The monoisotopic (exact) mass is 385 g/mol. The first-order chi connectivity index (χ1) is 12.7. The molecule has 3 heterocycles. The minimum Gasteiger partial charge on any atom is -0.332 e. The maximum absolute atomic E-state index is 5.43. The molecule has 6 nitrogen and oxygen atoms in total. The van der Waals surface area contributed by atoms with Gasteiger partial charge in [-0.25, -0.2) is 4.98 Å². The number of benzene rings is 1. The number of piperidine rings is 1. The fourth-order valence-electron chi connectivity index (χ4n) is 3.45. The van der Waals surface area contributed by atoms with E-state index in [0.717, 1.165) is 44.0 Å². The van der Waals surface area contributed by atoms with Crippen molar-refractivity contribution < 1.29 is 4.52 Å². The molecule has 7 heteroatoms. The van der Waals surface area contributed by atoms with Gasteiger partial charge in [-0.05, 0) is 44.4 Å². The molecule has 142 valence electrons. The lowest BCUT2D eigenvalue weighted by molar-refractivity contribution is 0.194. The Morgan fingerprint density at radius 3 is 2.78 bits per heavy atom. The number of rotatable bonds is 4. The van der Waals surface area contributed by atoms with Gasteiger partial charge in [0.2, 0.25) is 0 Å². The van der Waals surface area contributed by atoms with Crippen LogP contribution in [0, 0.1) is 13.8 Å². The molecular weight excluding hydrogens is 362 g/mol. The van der Waals surface area contributed by atoms with Crippen LogP contribution in [0.4, 0.5) is 0 Å². The van der Waals surface area contributed by atoms with Gasteiger partial charge in [-0.1, -0.05) is 29.4 Å². The number of aromatic nitrogens is 4. The van der Waals surface area contributed by atoms with E-state index in [4.69, 9.17) is 4.52 Å². The second kappa shape index (κ2) is 8.59. The van der Waals surface area contributed by atoms with Crippen LogP contribution in [-0.4, -0.2) is 38.1 Å². The highest BCUT2D eigenvalue weighted by molar-refractivity contribution is 5.85. The van der Waals surface area contributed by atoms with Crippen molar-refractivity contribution in [2.75, 3.05) is 13.1 Å². The molecule has 0 amide bonds. The van der Waals surface area contributed by atoms with Crippen molar-refractivity contribution in [2.45, 2.75) is 39.2 Å². The molecular formula is C20H24ClN5O. The van der Waals surface area contributed by atoms with Crippen molar-refractivity contribution in [3.8, 4) is 11.6 Å². The topological polar surface area (TPSA) is 67.9 Å². The predicted octanol–water partition coefficient (Wildman–Crippen LogP) is 3.94. The Morgan fingerprint density at radius 1 is 1.15 bits per heavy atom. The summed E-state index contributed by atoms with van der Waals surface area (Å²) in [6, 6.07) is 8.58. The average Bonchev–Trinajstić information content (AvgIpc) is 3.15. The number of likely N-dealkylation sites (tertiary alicyclic amines) is 1. The van der Waals surface area contributed by atoms with Crippen molar-refractivity contribution in [3.05, 3.63) is 59.3 Å². The van der Waals surface area contributed by atoms with Crippen LogP contribution in [0.25, 0.3) is 11.6 Å². The van der Waals surface area contributed by atoms with E-state index in [1.165, 1.54) is 11.1 Å². The van der Waals surface area contributed by atoms with E-state index in [1.54, 1.807) is 12.4 Å². The van der Waals surface area contributed by atoms with Gasteiger partial charge in [0.15, 0.2) is 5.82 Å². The Bertz CT molecular complexity index is 880. The lowest BCUT2D eigenvalue weighted by atomic mass is 9.96. The normalized spacial score (nSPS) is 17.5. The summed E-state index contributed by atoms with van der Waals surface area (Å²) in [5.74, 6) is 1.52. The zero-order chi connectivity index (χ0) is 17.9. The number of hydrogen-bond donors (Lipinski definition) is 0. The van der Waals surface area contributed by atoms with Gasteiger partial charge in [-0.15, -0.1) is 12.4 Å². The highest BCUT2D eigenvalue weighted by Crippen LogP contribution is 2.27. The smallest absolute Gasteiger partial charge is 0.278 e. The quantitative estimate of drug-likeness (QED) is 0.677. The van der Waals surface area contributed by atoms with Crippen LogP contribution < -0.4 is 0 Å². The molecule has 1 unspecified atom stereocenters. The Kier molecular flexibility index (Phi) is 6.19. The summed E-state index contributed by atoms with van der Waals surface area (Å²) >= 11 is 0. The first-order valence-corrected chi connectivity index (χ1v) is 9.08. The van der Waals surface area contributed by atoms with Gasteiger partial charge >= 0.3 is 0 Å². The number of nitrogens with zero attached hydrogens (tertiary/aromatic N) is 5. The number of aryl methyl sites for hydroxylation is 2. The van der Waals surface area contributed by atoms with Crippen LogP contribution in [0.1, 0.15) is 41.4 Å². The van der Waals surface area contributed by atoms with E-state index < -0.39 is 0 Å². The molecule has 1 aromatic carbocycles. The van der Waals surface area contributed by atoms with Gasteiger partial charge in [0, 0.05) is 25.2 Å². The van der Waals surface area contributed by atoms with Crippen molar-refractivity contribution >= 4 is 12.4 Å². The van der Waals surface area contributed by atoms with Gasteiger partial charge < -0.3 is 4.52 Å². The summed E-state index contributed by atoms with van der Waals surface area (Å²) in [5, 5.41) is 4.22. The first kappa shape index (κ1) is 19.5. The van der Waals surface area contributed by atoms with E-state index in [2.05, 4.69) is 56.2 Å². The molecule has 0 saturated carbocycles. The fourth-order valence-corrected chi connectivity index (χ4v) is 3.45. The molecule has 0 N–H and O–H groups in total. The third kappa shape index (κ3) is 4.51. The lowest BCUT2D eigenvalue weighted by Gasteiger charge is -2.31. The summed E-state index contributed by atoms with van der Waals surface area (Å²) in [6.07, 6.45) is 5.62. The molecule has 1 fully saturated rings. The third-order valence-corrected chi connectivity index (χ3v) is 4.97. The van der Waals surface area contributed by atoms with Gasteiger partial charge in [0.05, 0.1) is 11.9 Å². The van der Waals surface area contributed by atoms with Crippen LogP contribution in [0.15, 0.2) is 41.2 Å². The number of halogens is 1. The van der Waals surface area contributed by atoms with Crippen LogP contribution in [0.3, 0.4) is 0 Å². The standard InChI is InChI=1S/C20H23N5O.ClH/c1-14-6-3-4-7-16(14)12-25-9-5-8-17(13-25)19-23-20(26-24-19)18-11-21-15(2)10-22-18;/h3-4,6-7,10-11,17H,5,8-9,12-13H2,1-2H3;1H. The van der Waals surface area contributed by atoms with Gasteiger partial charge in [-0.3, -0.25) is 9.88 Å². The average molecular weight is 386 g/mol. The summed E-state index contributed by atoms with van der Waals surface area (Å²) in [5.41, 5.74) is 4.22. The molecule has 0 spiro atoms. The Balaban J connectivity index is 0.00000210. The maximum atomic E-state index is 5.43. The molecule has 27 heavy (non-hydrogen) atoms. The van der Waals surface area contributed by atoms with E-state index in [9.17, 15) is 0 Å². The van der Waals surface area contributed by atoms with E-state index in [-0.39, 0.29) is 12.4 Å². The van der Waals surface area contributed by atoms with Crippen LogP contribution in [-0.2, 0) is 6.54 Å². The maximum Gasteiger partial charge on any atom is 0.278 e. The molecule has 3 aromatic rings. The van der Waals surface area contributed by atoms with Crippen molar-refractivity contribution in [1.29, 1.82) is 0 Å². The van der Waals surface area contributed by atoms with E-state index >= 15 is 0 Å². The van der Waals surface area contributed by atoms with Crippen molar-refractivity contribution in [2.24, 2.45) is 0 Å². The molecule has 0 aliphatic carbocycles. The molecule has 0 bridgehead atoms. The van der Waals surface area contributed by atoms with Gasteiger partial charge in [0.1, 0.15) is 5.69 Å². The Morgan fingerprint density at radius 2 is 2.00 bits per heavy atom. The van der Waals surface area contributed by atoms with Crippen LogP contribution in [0.2, 0.25) is 0 Å². The Hall–Kier alpha value is -2.31. The molecule has 1 aliphatic rings. The molecule has 4 rings (SSSR count). The lowest BCUT2D eigenvalue weighted by Crippen LogP contribution is -2.34.